The molecule has 1 saturated carbocycles. The molecule has 4 heteroatoms. The van der Waals surface area contributed by atoms with E-state index in [0.29, 0.717) is 11.5 Å². The molecule has 0 atom stereocenters. The molecule has 1 aliphatic rings. The van der Waals surface area contributed by atoms with Gasteiger partial charge in [-0.2, -0.15) is 5.26 Å². The first-order valence-corrected chi connectivity index (χ1v) is 6.47. The molecule has 0 radical (unpaired) electrons. The summed E-state index contributed by atoms with van der Waals surface area (Å²) in [7, 11) is 0. The molecule has 3 rings (SSSR count). The van der Waals surface area contributed by atoms with Crippen molar-refractivity contribution >= 4 is 16.6 Å². The molecule has 0 aliphatic heterocycles. The molecule has 1 aromatic carbocycles. The Labute approximate surface area is 111 Å². The molecule has 2 N–H and O–H groups in total. The van der Waals surface area contributed by atoms with E-state index in [0.717, 1.165) is 36.0 Å². The maximum absolute atomic E-state index is 9.30. The Balaban J connectivity index is 1.89. The van der Waals surface area contributed by atoms with Gasteiger partial charge in [-0.3, -0.25) is 4.98 Å². The van der Waals surface area contributed by atoms with Crippen LogP contribution >= 0.6 is 0 Å². The van der Waals surface area contributed by atoms with Crippen LogP contribution in [-0.2, 0) is 0 Å². The van der Waals surface area contributed by atoms with Gasteiger partial charge in [0.05, 0.1) is 22.9 Å². The summed E-state index contributed by atoms with van der Waals surface area (Å²) in [6, 6.07) is 9.98. The molecule has 0 saturated heterocycles. The molecule has 1 aliphatic carbocycles. The van der Waals surface area contributed by atoms with E-state index in [4.69, 9.17) is 0 Å². The van der Waals surface area contributed by atoms with Crippen LogP contribution in [0, 0.1) is 17.2 Å². The second-order valence-corrected chi connectivity index (χ2v) is 5.05. The molecule has 4 nitrogen and oxygen atoms in total. The third-order valence-electron chi connectivity index (χ3n) is 3.67. The highest BCUT2D eigenvalue weighted by molar-refractivity contribution is 5.93. The first kappa shape index (κ1) is 11.9. The number of aromatic nitrogens is 1. The van der Waals surface area contributed by atoms with Crippen LogP contribution in [0.15, 0.2) is 30.5 Å². The SMILES string of the molecule is N#Cc1cnc2ccccc2c1NCC1CC(O)C1. The summed E-state index contributed by atoms with van der Waals surface area (Å²) in [5.41, 5.74) is 2.31. The summed E-state index contributed by atoms with van der Waals surface area (Å²) in [5.74, 6) is 0.494. The second kappa shape index (κ2) is 4.87. The third-order valence-corrected chi connectivity index (χ3v) is 3.67. The first-order valence-electron chi connectivity index (χ1n) is 6.47. The van der Waals surface area contributed by atoms with Crippen molar-refractivity contribution in [2.45, 2.75) is 18.9 Å². The largest absolute Gasteiger partial charge is 0.393 e. The number of pyridine rings is 1. The van der Waals surface area contributed by atoms with E-state index in [9.17, 15) is 10.4 Å². The van der Waals surface area contributed by atoms with Crippen LogP contribution in [0.3, 0.4) is 0 Å². The maximum atomic E-state index is 9.30. The van der Waals surface area contributed by atoms with Gasteiger partial charge in [0.25, 0.3) is 0 Å². The average Bonchev–Trinajstić information content (AvgIpc) is 2.42. The molecule has 2 aromatic rings. The zero-order valence-corrected chi connectivity index (χ0v) is 10.5. The Morgan fingerprint density at radius 2 is 2.16 bits per heavy atom. The quantitative estimate of drug-likeness (QED) is 0.880. The third kappa shape index (κ3) is 2.25. The van der Waals surface area contributed by atoms with Crippen LogP contribution in [0.25, 0.3) is 10.9 Å². The van der Waals surface area contributed by atoms with Gasteiger partial charge in [0.1, 0.15) is 6.07 Å². The minimum atomic E-state index is -0.142. The monoisotopic (exact) mass is 253 g/mol. The number of benzene rings is 1. The average molecular weight is 253 g/mol. The van der Waals surface area contributed by atoms with Gasteiger partial charge in [-0.25, -0.2) is 0 Å². The van der Waals surface area contributed by atoms with Crippen molar-refractivity contribution in [3.05, 3.63) is 36.0 Å². The van der Waals surface area contributed by atoms with E-state index in [1.165, 1.54) is 0 Å². The van der Waals surface area contributed by atoms with E-state index in [-0.39, 0.29) is 6.10 Å². The molecule has 0 spiro atoms. The molecule has 96 valence electrons. The summed E-state index contributed by atoms with van der Waals surface area (Å²) in [5, 5.41) is 22.8. The number of anilines is 1. The number of aliphatic hydroxyl groups is 1. The smallest absolute Gasteiger partial charge is 0.103 e. The number of nitrogens with one attached hydrogen (secondary N) is 1. The minimum absolute atomic E-state index is 0.142. The zero-order chi connectivity index (χ0) is 13.2. The van der Waals surface area contributed by atoms with Crippen LogP contribution in [0.5, 0.6) is 0 Å². The number of rotatable bonds is 3. The van der Waals surface area contributed by atoms with Gasteiger partial charge in [0.2, 0.25) is 0 Å². The molecule has 0 bridgehead atoms. The highest BCUT2D eigenvalue weighted by Crippen LogP contribution is 2.30. The van der Waals surface area contributed by atoms with E-state index in [1.54, 1.807) is 6.20 Å². The number of nitrogens with zero attached hydrogens (tertiary/aromatic N) is 2. The fourth-order valence-corrected chi connectivity index (χ4v) is 2.53. The summed E-state index contributed by atoms with van der Waals surface area (Å²) < 4.78 is 0. The number of aliphatic hydroxyl groups excluding tert-OH is 1. The Hall–Kier alpha value is -2.12. The molecular weight excluding hydrogens is 238 g/mol. The molecule has 1 aromatic heterocycles. The molecule has 1 heterocycles. The molecule has 0 unspecified atom stereocenters. The van der Waals surface area contributed by atoms with Gasteiger partial charge in [0, 0.05) is 18.1 Å². The lowest BCUT2D eigenvalue weighted by Gasteiger charge is -2.31. The molecule has 0 amide bonds. The summed E-state index contributed by atoms with van der Waals surface area (Å²) >= 11 is 0. The highest BCUT2D eigenvalue weighted by Gasteiger charge is 2.27. The van der Waals surface area contributed by atoms with Gasteiger partial charge in [-0.05, 0) is 24.8 Å². The van der Waals surface area contributed by atoms with Gasteiger partial charge in [-0.15, -0.1) is 0 Å². The molecule has 1 fully saturated rings. The van der Waals surface area contributed by atoms with Crippen molar-refractivity contribution in [3.63, 3.8) is 0 Å². The van der Waals surface area contributed by atoms with Crippen molar-refractivity contribution in [2.24, 2.45) is 5.92 Å². The van der Waals surface area contributed by atoms with Gasteiger partial charge in [0.15, 0.2) is 0 Å². The fraction of sp³-hybridized carbons (Fsp3) is 0.333. The van der Waals surface area contributed by atoms with Crippen molar-refractivity contribution in [1.29, 1.82) is 5.26 Å². The lowest BCUT2D eigenvalue weighted by Crippen LogP contribution is -2.33. The normalized spacial score (nSPS) is 21.7. The Bertz CT molecular complexity index is 641. The molecular formula is C15H15N3O. The predicted octanol–water partition coefficient (Wildman–Crippen LogP) is 2.29. The van der Waals surface area contributed by atoms with Gasteiger partial charge < -0.3 is 10.4 Å². The lowest BCUT2D eigenvalue weighted by atomic mass is 9.82. The number of nitriles is 1. The standard InChI is InChI=1S/C15H15N3O/c16-7-11-9-17-14-4-2-1-3-13(14)15(11)18-8-10-5-12(19)6-10/h1-4,9-10,12,19H,5-6,8H2,(H,17,18). The van der Waals surface area contributed by atoms with Gasteiger partial charge in [-0.1, -0.05) is 18.2 Å². The lowest BCUT2D eigenvalue weighted by molar-refractivity contribution is 0.0487. The number of fused-ring (bicyclic) bond motifs is 1. The maximum Gasteiger partial charge on any atom is 0.103 e. The van der Waals surface area contributed by atoms with E-state index >= 15 is 0 Å². The second-order valence-electron chi connectivity index (χ2n) is 5.05. The van der Waals surface area contributed by atoms with Crippen molar-refractivity contribution < 1.29 is 5.11 Å². The Morgan fingerprint density at radius 1 is 1.37 bits per heavy atom. The van der Waals surface area contributed by atoms with Crippen molar-refractivity contribution in [3.8, 4) is 6.07 Å². The van der Waals surface area contributed by atoms with Crippen LogP contribution in [0.4, 0.5) is 5.69 Å². The summed E-state index contributed by atoms with van der Waals surface area (Å²) in [4.78, 5) is 4.28. The Morgan fingerprint density at radius 3 is 2.89 bits per heavy atom. The van der Waals surface area contributed by atoms with Crippen LogP contribution in [0.1, 0.15) is 18.4 Å². The summed E-state index contributed by atoms with van der Waals surface area (Å²) in [6.45, 7) is 0.791. The van der Waals surface area contributed by atoms with Crippen LogP contribution < -0.4 is 5.32 Å². The Kier molecular flexibility index (Phi) is 3.06. The predicted molar refractivity (Wildman–Crippen MR) is 73.7 cm³/mol. The fourth-order valence-electron chi connectivity index (χ4n) is 2.53. The summed E-state index contributed by atoms with van der Waals surface area (Å²) in [6.07, 6.45) is 3.16. The van der Waals surface area contributed by atoms with Crippen molar-refractivity contribution in [1.82, 2.24) is 4.98 Å². The van der Waals surface area contributed by atoms with E-state index in [1.807, 2.05) is 24.3 Å². The van der Waals surface area contributed by atoms with E-state index < -0.39 is 0 Å². The topological polar surface area (TPSA) is 68.9 Å². The molecule has 19 heavy (non-hydrogen) atoms. The van der Waals surface area contributed by atoms with Gasteiger partial charge >= 0.3 is 0 Å². The first-order chi connectivity index (χ1) is 9.28. The van der Waals surface area contributed by atoms with Crippen LogP contribution in [0.2, 0.25) is 0 Å². The minimum Gasteiger partial charge on any atom is -0.393 e. The number of hydrogen-bond acceptors (Lipinski definition) is 4. The van der Waals surface area contributed by atoms with Crippen molar-refractivity contribution in [2.75, 3.05) is 11.9 Å². The number of para-hydroxylation sites is 1. The van der Waals surface area contributed by atoms with E-state index in [2.05, 4.69) is 16.4 Å². The number of hydrogen-bond donors (Lipinski definition) is 2. The van der Waals surface area contributed by atoms with Crippen LogP contribution in [-0.4, -0.2) is 22.7 Å². The zero-order valence-electron chi connectivity index (χ0n) is 10.5. The highest BCUT2D eigenvalue weighted by atomic mass is 16.3.